The molecule has 0 aliphatic heterocycles. The van der Waals surface area contributed by atoms with Crippen molar-refractivity contribution >= 4 is 28.5 Å². The first-order chi connectivity index (χ1) is 9.36. The standard InChI is InChI=1S/C12H11F3N4S/c1-7-2-3-8(4-9(7)12(13,14)15)5-17-19-11-18-10(16)6-20-11/h2-6H,16H2,1H3,(H,18,19). The van der Waals surface area contributed by atoms with Gasteiger partial charge < -0.3 is 5.73 Å². The van der Waals surface area contributed by atoms with Gasteiger partial charge in [-0.1, -0.05) is 12.1 Å². The maximum absolute atomic E-state index is 12.7. The van der Waals surface area contributed by atoms with Crippen LogP contribution in [0, 0.1) is 6.92 Å². The van der Waals surface area contributed by atoms with E-state index in [1.54, 1.807) is 11.4 Å². The molecule has 2 rings (SSSR count). The number of nitrogens with two attached hydrogens (primary N) is 1. The number of thiazole rings is 1. The van der Waals surface area contributed by atoms with E-state index in [2.05, 4.69) is 15.5 Å². The van der Waals surface area contributed by atoms with E-state index in [4.69, 9.17) is 5.73 Å². The van der Waals surface area contributed by atoms with E-state index in [-0.39, 0.29) is 5.56 Å². The lowest BCUT2D eigenvalue weighted by molar-refractivity contribution is -0.138. The second-order valence-electron chi connectivity index (χ2n) is 4.02. The van der Waals surface area contributed by atoms with Crippen molar-refractivity contribution in [3.63, 3.8) is 0 Å². The quantitative estimate of drug-likeness (QED) is 0.673. The van der Waals surface area contributed by atoms with Crippen LogP contribution in [0.2, 0.25) is 0 Å². The maximum atomic E-state index is 12.7. The van der Waals surface area contributed by atoms with Crippen molar-refractivity contribution in [2.24, 2.45) is 5.10 Å². The molecule has 0 saturated carbocycles. The Morgan fingerprint density at radius 2 is 2.15 bits per heavy atom. The van der Waals surface area contributed by atoms with E-state index in [0.29, 0.717) is 16.5 Å². The molecule has 0 radical (unpaired) electrons. The summed E-state index contributed by atoms with van der Waals surface area (Å²) < 4.78 is 38.2. The lowest BCUT2D eigenvalue weighted by atomic mass is 10.1. The van der Waals surface area contributed by atoms with Crippen LogP contribution < -0.4 is 11.2 Å². The fourth-order valence-electron chi connectivity index (χ4n) is 1.52. The van der Waals surface area contributed by atoms with Gasteiger partial charge in [-0.15, -0.1) is 11.3 Å². The molecular weight excluding hydrogens is 289 g/mol. The number of halogens is 3. The van der Waals surface area contributed by atoms with Crippen molar-refractivity contribution in [1.29, 1.82) is 0 Å². The zero-order valence-corrected chi connectivity index (χ0v) is 11.2. The van der Waals surface area contributed by atoms with E-state index in [0.717, 1.165) is 6.07 Å². The first-order valence-corrected chi connectivity index (χ1v) is 6.42. The Kier molecular flexibility index (Phi) is 3.93. The third kappa shape index (κ3) is 3.47. The number of aromatic nitrogens is 1. The van der Waals surface area contributed by atoms with Gasteiger partial charge in [0.1, 0.15) is 5.82 Å². The number of nitrogens with zero attached hydrogens (tertiary/aromatic N) is 2. The number of hydrazone groups is 1. The summed E-state index contributed by atoms with van der Waals surface area (Å²) in [4.78, 5) is 3.90. The number of nitrogens with one attached hydrogen (secondary N) is 1. The second kappa shape index (κ2) is 5.49. The average molecular weight is 300 g/mol. The predicted molar refractivity (Wildman–Crippen MR) is 73.9 cm³/mol. The fourth-order valence-corrected chi connectivity index (χ4v) is 2.07. The van der Waals surface area contributed by atoms with E-state index in [1.807, 2.05) is 0 Å². The van der Waals surface area contributed by atoms with Gasteiger partial charge in [0.05, 0.1) is 11.8 Å². The minimum atomic E-state index is -4.37. The molecule has 2 aromatic rings. The molecular formula is C12H11F3N4S. The van der Waals surface area contributed by atoms with E-state index < -0.39 is 11.7 Å². The van der Waals surface area contributed by atoms with Crippen molar-refractivity contribution in [1.82, 2.24) is 4.98 Å². The van der Waals surface area contributed by atoms with Gasteiger partial charge in [0.25, 0.3) is 0 Å². The maximum Gasteiger partial charge on any atom is 0.416 e. The summed E-state index contributed by atoms with van der Waals surface area (Å²) in [6.07, 6.45) is -3.07. The molecule has 4 nitrogen and oxygen atoms in total. The smallest absolute Gasteiger partial charge is 0.383 e. The Balaban J connectivity index is 2.13. The number of hydrogen-bond donors (Lipinski definition) is 2. The highest BCUT2D eigenvalue weighted by molar-refractivity contribution is 7.14. The van der Waals surface area contributed by atoms with Gasteiger partial charge in [-0.25, -0.2) is 4.98 Å². The molecule has 0 aliphatic carbocycles. The van der Waals surface area contributed by atoms with Crippen molar-refractivity contribution in [2.45, 2.75) is 13.1 Å². The fraction of sp³-hybridized carbons (Fsp3) is 0.167. The van der Waals surface area contributed by atoms with Crippen LogP contribution in [0.5, 0.6) is 0 Å². The van der Waals surface area contributed by atoms with E-state index >= 15 is 0 Å². The highest BCUT2D eigenvalue weighted by atomic mass is 32.1. The molecule has 0 spiro atoms. The van der Waals surface area contributed by atoms with Gasteiger partial charge in [-0.3, -0.25) is 5.43 Å². The summed E-state index contributed by atoms with van der Waals surface area (Å²) in [7, 11) is 0. The van der Waals surface area contributed by atoms with E-state index in [1.165, 1.54) is 30.5 Å². The first-order valence-electron chi connectivity index (χ1n) is 5.54. The molecule has 0 amide bonds. The minimum absolute atomic E-state index is 0.176. The van der Waals surface area contributed by atoms with Crippen molar-refractivity contribution < 1.29 is 13.2 Å². The molecule has 0 aliphatic rings. The van der Waals surface area contributed by atoms with Gasteiger partial charge in [0.2, 0.25) is 5.13 Å². The van der Waals surface area contributed by atoms with Crippen LogP contribution in [-0.2, 0) is 6.18 Å². The molecule has 1 aromatic carbocycles. The molecule has 8 heteroatoms. The summed E-state index contributed by atoms with van der Waals surface area (Å²) in [6, 6.07) is 4.02. The largest absolute Gasteiger partial charge is 0.416 e. The van der Waals surface area contributed by atoms with Crippen LogP contribution in [0.3, 0.4) is 0 Å². The summed E-state index contributed by atoms with van der Waals surface area (Å²) in [5, 5.41) is 5.93. The van der Waals surface area contributed by atoms with Gasteiger partial charge in [-0.2, -0.15) is 18.3 Å². The number of aryl methyl sites for hydroxylation is 1. The van der Waals surface area contributed by atoms with Crippen molar-refractivity contribution in [3.05, 3.63) is 40.3 Å². The van der Waals surface area contributed by atoms with Crippen molar-refractivity contribution in [3.8, 4) is 0 Å². The lowest BCUT2D eigenvalue weighted by Gasteiger charge is -2.10. The monoisotopic (exact) mass is 300 g/mol. The summed E-state index contributed by atoms with van der Waals surface area (Å²) >= 11 is 1.25. The number of alkyl halides is 3. The molecule has 1 heterocycles. The molecule has 20 heavy (non-hydrogen) atoms. The Bertz CT molecular complexity index is 634. The van der Waals surface area contributed by atoms with Crippen LogP contribution >= 0.6 is 11.3 Å². The SMILES string of the molecule is Cc1ccc(C=NNc2nc(N)cs2)cc1C(F)(F)F. The Labute approximate surface area is 117 Å². The highest BCUT2D eigenvalue weighted by Gasteiger charge is 2.32. The summed E-state index contributed by atoms with van der Waals surface area (Å²) in [5.74, 6) is 0.363. The number of anilines is 2. The third-order valence-corrected chi connectivity index (χ3v) is 3.23. The first kappa shape index (κ1) is 14.3. The predicted octanol–water partition coefficient (Wildman–Crippen LogP) is 3.50. The van der Waals surface area contributed by atoms with Crippen LogP contribution in [0.15, 0.2) is 28.7 Å². The number of hydrogen-bond acceptors (Lipinski definition) is 5. The molecule has 0 saturated heterocycles. The van der Waals surface area contributed by atoms with Crippen LogP contribution in [0.4, 0.5) is 24.1 Å². The highest BCUT2D eigenvalue weighted by Crippen LogP contribution is 2.32. The number of rotatable bonds is 3. The zero-order chi connectivity index (χ0) is 14.8. The minimum Gasteiger partial charge on any atom is -0.383 e. The molecule has 1 aromatic heterocycles. The average Bonchev–Trinajstić information content (AvgIpc) is 2.76. The second-order valence-corrected chi connectivity index (χ2v) is 4.88. The number of benzene rings is 1. The molecule has 3 N–H and O–H groups in total. The zero-order valence-electron chi connectivity index (χ0n) is 10.4. The van der Waals surface area contributed by atoms with Crippen molar-refractivity contribution in [2.75, 3.05) is 11.2 Å². The van der Waals surface area contributed by atoms with E-state index in [9.17, 15) is 13.2 Å². The van der Waals surface area contributed by atoms with Crippen LogP contribution in [0.25, 0.3) is 0 Å². The molecule has 0 bridgehead atoms. The summed E-state index contributed by atoms with van der Waals surface area (Å²) in [5.41, 5.74) is 7.89. The summed E-state index contributed by atoms with van der Waals surface area (Å²) in [6.45, 7) is 1.42. The number of nitrogen functional groups attached to an aromatic ring is 1. The molecule has 0 unspecified atom stereocenters. The molecule has 106 valence electrons. The Hall–Kier alpha value is -2.09. The molecule has 0 atom stereocenters. The van der Waals surface area contributed by atoms with Crippen LogP contribution in [-0.4, -0.2) is 11.2 Å². The normalized spacial score (nSPS) is 12.0. The Morgan fingerprint density at radius 3 is 2.75 bits per heavy atom. The topological polar surface area (TPSA) is 63.3 Å². The lowest BCUT2D eigenvalue weighted by Crippen LogP contribution is -2.08. The van der Waals surface area contributed by atoms with Gasteiger partial charge >= 0.3 is 6.18 Å². The van der Waals surface area contributed by atoms with Gasteiger partial charge in [0.15, 0.2) is 0 Å². The van der Waals surface area contributed by atoms with Gasteiger partial charge in [-0.05, 0) is 24.1 Å². The third-order valence-electron chi connectivity index (χ3n) is 2.46. The Morgan fingerprint density at radius 1 is 1.40 bits per heavy atom. The van der Waals surface area contributed by atoms with Crippen LogP contribution in [0.1, 0.15) is 16.7 Å². The van der Waals surface area contributed by atoms with Gasteiger partial charge in [0, 0.05) is 5.38 Å². The molecule has 0 fully saturated rings.